The number of fused-ring (bicyclic) bond motifs is 2. The summed E-state index contributed by atoms with van der Waals surface area (Å²) in [5.41, 5.74) is -0.0654. The fourth-order valence-corrected chi connectivity index (χ4v) is 7.33. The minimum atomic E-state index is -2.45. The number of aliphatic hydroxyl groups excluding tert-OH is 4. The Morgan fingerprint density at radius 2 is 1.51 bits per heavy atom. The molecule has 0 spiro atoms. The summed E-state index contributed by atoms with van der Waals surface area (Å²) >= 11 is 0. The SMILES string of the molecule is C[C@@H](/C=C/C=C/C=C/c1ccccc1)[C@H](O)[C@@H](O)[C@H]1NC(=O)C[C@@H](O)CNC(=O)CNC(=O)[C@@H](Cc2c[nH]c3ccccc23)NC(=O)CN(C)C(=O)C[C@]2(O)NC(=O)C[C@H]2NC(=O)[C@H]1O. The summed E-state index contributed by atoms with van der Waals surface area (Å²) < 4.78 is 0. The fraction of sp³-hybridized carbons (Fsp3) is 0.400. The first-order valence-corrected chi connectivity index (χ1v) is 21.0. The zero-order valence-electron chi connectivity index (χ0n) is 35.8. The number of carbonyl (C=O) groups excluding carboxylic acids is 7. The lowest BCUT2D eigenvalue weighted by molar-refractivity contribution is -0.145. The van der Waals surface area contributed by atoms with E-state index in [-0.39, 0.29) is 6.42 Å². The monoisotopic (exact) mass is 900 g/mol. The number of hydrogen-bond acceptors (Lipinski definition) is 12. The molecule has 2 fully saturated rings. The van der Waals surface area contributed by atoms with Crippen molar-refractivity contribution >= 4 is 58.3 Å². The van der Waals surface area contributed by atoms with Gasteiger partial charge in [-0.1, -0.05) is 91.9 Å². The molecule has 1 aromatic heterocycles. The van der Waals surface area contributed by atoms with Crippen LogP contribution < -0.4 is 31.9 Å². The first kappa shape index (κ1) is 49.3. The van der Waals surface area contributed by atoms with Crippen LogP contribution in [-0.4, -0.2) is 152 Å². The number of aromatic amines is 1. The predicted molar refractivity (Wildman–Crippen MR) is 235 cm³/mol. The van der Waals surface area contributed by atoms with Crippen LogP contribution in [0.2, 0.25) is 0 Å². The van der Waals surface area contributed by atoms with Crippen molar-refractivity contribution in [1.29, 1.82) is 0 Å². The second-order valence-electron chi connectivity index (χ2n) is 16.1. The van der Waals surface area contributed by atoms with E-state index in [1.54, 1.807) is 36.6 Å². The van der Waals surface area contributed by atoms with Gasteiger partial charge in [-0.15, -0.1) is 0 Å². The number of likely N-dealkylation sites (N-methyl/N-ethyl adjacent to an activating group) is 1. The van der Waals surface area contributed by atoms with E-state index in [1.807, 2.05) is 54.6 Å². The van der Waals surface area contributed by atoms with E-state index in [2.05, 4.69) is 36.9 Å². The van der Waals surface area contributed by atoms with Gasteiger partial charge < -0.3 is 67.3 Å². The van der Waals surface area contributed by atoms with Crippen LogP contribution in [-0.2, 0) is 40.0 Å². The van der Waals surface area contributed by atoms with Gasteiger partial charge in [-0.3, -0.25) is 33.6 Å². The van der Waals surface area contributed by atoms with E-state index >= 15 is 0 Å². The number of carbonyl (C=O) groups is 7. The van der Waals surface area contributed by atoms with Gasteiger partial charge in [-0.05, 0) is 17.2 Å². The summed E-state index contributed by atoms with van der Waals surface area (Å²) in [7, 11) is 1.23. The molecule has 348 valence electrons. The summed E-state index contributed by atoms with van der Waals surface area (Å²) in [4.78, 5) is 96.6. The Bertz CT molecular complexity index is 2280. The van der Waals surface area contributed by atoms with E-state index < -0.39 is 134 Å². The molecular weight excluding hydrogens is 845 g/mol. The molecule has 2 saturated heterocycles. The predicted octanol–water partition coefficient (Wildman–Crippen LogP) is -2.24. The van der Waals surface area contributed by atoms with Crippen LogP contribution in [0.4, 0.5) is 0 Å². The van der Waals surface area contributed by atoms with E-state index in [0.717, 1.165) is 21.4 Å². The zero-order valence-corrected chi connectivity index (χ0v) is 35.8. The Morgan fingerprint density at radius 1 is 0.800 bits per heavy atom. The van der Waals surface area contributed by atoms with Crippen molar-refractivity contribution in [2.24, 2.45) is 5.92 Å². The Labute approximate surface area is 374 Å². The second kappa shape index (κ2) is 22.8. The van der Waals surface area contributed by atoms with Crippen LogP contribution in [0.15, 0.2) is 91.2 Å². The molecular formula is C45H56N8O12. The Balaban J connectivity index is 1.35. The third-order valence-electron chi connectivity index (χ3n) is 11.0. The minimum absolute atomic E-state index is 0.0409. The summed E-state index contributed by atoms with van der Waals surface area (Å²) in [6.45, 7) is -0.224. The number of allylic oxidation sites excluding steroid dienone is 4. The van der Waals surface area contributed by atoms with Gasteiger partial charge in [0.2, 0.25) is 35.4 Å². The van der Waals surface area contributed by atoms with E-state index in [4.69, 9.17) is 0 Å². The van der Waals surface area contributed by atoms with E-state index in [1.165, 1.54) is 20.0 Å². The lowest BCUT2D eigenvalue weighted by Crippen LogP contribution is -2.63. The fourth-order valence-electron chi connectivity index (χ4n) is 7.33. The number of hydrogen-bond donors (Lipinski definition) is 12. The van der Waals surface area contributed by atoms with Crippen molar-refractivity contribution in [2.75, 3.05) is 26.7 Å². The van der Waals surface area contributed by atoms with Crippen LogP contribution >= 0.6 is 0 Å². The Kier molecular flexibility index (Phi) is 17.3. The molecule has 0 bridgehead atoms. The molecule has 0 saturated carbocycles. The van der Waals surface area contributed by atoms with Gasteiger partial charge in [0.15, 0.2) is 11.8 Å². The van der Waals surface area contributed by atoms with E-state index in [0.29, 0.717) is 5.56 Å². The molecule has 5 rings (SSSR count). The first-order chi connectivity index (χ1) is 30.9. The van der Waals surface area contributed by atoms with Crippen molar-refractivity contribution < 1.29 is 59.1 Å². The number of aliphatic hydroxyl groups is 5. The standard InChI is InChI=1S/C45H56N8O12/c1-26(12-6-3-4-7-13-27-14-8-5-9-15-27)40(60)41(61)39-42(62)44(64)50-33-20-35(56)52-45(33,65)21-38(59)53(2)25-37(58)49-32(18-28-22-46-31-17-11-10-16-30(28)31)43(63)48-24-36(57)47-23-29(54)19-34(55)51-39/h3-17,22,26,29,32-33,39-42,46,54,60-62,65H,18-21,23-25H2,1-2H3,(H,47,57)(H,48,63)(H,49,58)(H,50,64)(H,51,55)(H,52,56)/b4-3+,12-6+,13-7+/t26-,29+,32+,33+,39+,40-,41-,42-,45+/m0/s1. The highest BCUT2D eigenvalue weighted by molar-refractivity contribution is 5.94. The zero-order chi connectivity index (χ0) is 47.3. The van der Waals surface area contributed by atoms with Crippen molar-refractivity contribution in [2.45, 2.75) is 80.9 Å². The molecule has 0 radical (unpaired) electrons. The number of aromatic nitrogens is 1. The number of benzene rings is 2. The Morgan fingerprint density at radius 3 is 2.26 bits per heavy atom. The quantitative estimate of drug-likeness (QED) is 0.102. The van der Waals surface area contributed by atoms with Crippen molar-refractivity contribution in [3.63, 3.8) is 0 Å². The van der Waals surface area contributed by atoms with E-state index in [9.17, 15) is 59.1 Å². The molecule has 3 aromatic rings. The highest BCUT2D eigenvalue weighted by Gasteiger charge is 2.49. The number of amides is 7. The first-order valence-electron chi connectivity index (χ1n) is 21.0. The maximum atomic E-state index is 13.6. The largest absolute Gasteiger partial charge is 0.391 e. The van der Waals surface area contributed by atoms with Gasteiger partial charge in [-0.2, -0.15) is 0 Å². The molecule has 3 heterocycles. The molecule has 65 heavy (non-hydrogen) atoms. The van der Waals surface area contributed by atoms with Crippen LogP contribution in [0.1, 0.15) is 37.3 Å². The molecule has 20 nitrogen and oxygen atoms in total. The summed E-state index contributed by atoms with van der Waals surface area (Å²) in [5.74, 6) is -7.22. The molecule has 0 aliphatic carbocycles. The molecule has 2 aromatic carbocycles. The topological polar surface area (TPSA) is 312 Å². The summed E-state index contributed by atoms with van der Waals surface area (Å²) in [6.07, 6.45) is 1.91. The van der Waals surface area contributed by atoms with Gasteiger partial charge in [0.05, 0.1) is 56.6 Å². The molecule has 2 aliphatic heterocycles. The highest BCUT2D eigenvalue weighted by atomic mass is 16.3. The number of β-amino-alcohol motifs (C(OH)–C–C–N with tert-alkyl or cyclic N) is 1. The maximum absolute atomic E-state index is 13.6. The highest BCUT2D eigenvalue weighted by Crippen LogP contribution is 2.24. The molecule has 2 aliphatic rings. The van der Waals surface area contributed by atoms with Gasteiger partial charge in [0.25, 0.3) is 5.91 Å². The number of rotatable bonds is 9. The molecule has 9 atom stereocenters. The van der Waals surface area contributed by atoms with Gasteiger partial charge in [0.1, 0.15) is 12.1 Å². The lowest BCUT2D eigenvalue weighted by Gasteiger charge is -2.34. The summed E-state index contributed by atoms with van der Waals surface area (Å²) in [5, 5.41) is 71.1. The van der Waals surface area contributed by atoms with Crippen LogP contribution in [0, 0.1) is 5.92 Å². The van der Waals surface area contributed by atoms with Gasteiger partial charge in [-0.25, -0.2) is 0 Å². The van der Waals surface area contributed by atoms with Crippen molar-refractivity contribution in [1.82, 2.24) is 41.8 Å². The third-order valence-corrected chi connectivity index (χ3v) is 11.0. The van der Waals surface area contributed by atoms with Crippen LogP contribution in [0.25, 0.3) is 17.0 Å². The smallest absolute Gasteiger partial charge is 0.251 e. The average Bonchev–Trinajstić information content (AvgIpc) is 3.81. The summed E-state index contributed by atoms with van der Waals surface area (Å²) in [6, 6.07) is 12.0. The Hall–Kier alpha value is -6.71. The second-order valence-corrected chi connectivity index (χ2v) is 16.1. The van der Waals surface area contributed by atoms with Crippen molar-refractivity contribution in [3.8, 4) is 0 Å². The van der Waals surface area contributed by atoms with Crippen molar-refractivity contribution in [3.05, 3.63) is 102 Å². The molecule has 20 heteroatoms. The normalized spacial score (nSPS) is 26.5. The average molecular weight is 901 g/mol. The molecule has 7 amide bonds. The number of H-pyrrole nitrogens is 1. The van der Waals surface area contributed by atoms with Crippen LogP contribution in [0.5, 0.6) is 0 Å². The lowest BCUT2D eigenvalue weighted by atomic mass is 9.91. The number of para-hydroxylation sites is 1. The minimum Gasteiger partial charge on any atom is -0.391 e. The van der Waals surface area contributed by atoms with Gasteiger partial charge in [0, 0.05) is 43.0 Å². The molecule has 0 unspecified atom stereocenters. The maximum Gasteiger partial charge on any atom is 0.251 e. The number of nitrogens with one attached hydrogen (secondary N) is 7. The molecule has 12 N–H and O–H groups in total. The van der Waals surface area contributed by atoms with Gasteiger partial charge >= 0.3 is 0 Å². The van der Waals surface area contributed by atoms with Crippen LogP contribution in [0.3, 0.4) is 0 Å². The number of nitrogens with zero attached hydrogens (tertiary/aromatic N) is 1. The third kappa shape index (κ3) is 13.9.